The first-order chi connectivity index (χ1) is 10.0. The molecule has 108 valence electrons. The van der Waals surface area contributed by atoms with Gasteiger partial charge in [-0.3, -0.25) is 0 Å². The summed E-state index contributed by atoms with van der Waals surface area (Å²) in [5.41, 5.74) is -0.294. The van der Waals surface area contributed by atoms with Gasteiger partial charge in [0.2, 0.25) is 0 Å². The van der Waals surface area contributed by atoms with E-state index in [1.165, 1.54) is 12.3 Å². The number of aromatic nitrogens is 2. The van der Waals surface area contributed by atoms with Gasteiger partial charge in [-0.25, -0.2) is 9.97 Å². The van der Waals surface area contributed by atoms with E-state index in [-0.39, 0.29) is 16.3 Å². The SMILES string of the molecule is FC(F)(F)c1nc2ccccc2nc1SCc1ccco1. The number of thioether (sulfide) groups is 1. The maximum Gasteiger partial charge on any atom is 0.436 e. The number of benzene rings is 1. The van der Waals surface area contributed by atoms with Crippen molar-refractivity contribution in [1.29, 1.82) is 0 Å². The minimum absolute atomic E-state index is 0.141. The molecular formula is C14H9F3N2OS. The number of furan rings is 1. The van der Waals surface area contributed by atoms with Gasteiger partial charge in [-0.1, -0.05) is 23.9 Å². The van der Waals surface area contributed by atoms with E-state index in [1.54, 1.807) is 30.3 Å². The monoisotopic (exact) mass is 310 g/mol. The second kappa shape index (κ2) is 5.40. The molecule has 0 unspecified atom stereocenters. The molecule has 21 heavy (non-hydrogen) atoms. The van der Waals surface area contributed by atoms with Crippen LogP contribution in [0.4, 0.5) is 13.2 Å². The van der Waals surface area contributed by atoms with Crippen molar-refractivity contribution in [1.82, 2.24) is 9.97 Å². The van der Waals surface area contributed by atoms with Gasteiger partial charge in [0.1, 0.15) is 10.8 Å². The van der Waals surface area contributed by atoms with Crippen LogP contribution in [0, 0.1) is 0 Å². The number of alkyl halides is 3. The number of hydrogen-bond acceptors (Lipinski definition) is 4. The Bertz CT molecular complexity index is 757. The van der Waals surface area contributed by atoms with Crippen LogP contribution in [0.2, 0.25) is 0 Å². The van der Waals surface area contributed by atoms with Crippen LogP contribution in [-0.2, 0) is 11.9 Å². The van der Waals surface area contributed by atoms with E-state index in [4.69, 9.17) is 4.42 Å². The smallest absolute Gasteiger partial charge is 0.436 e. The molecule has 0 amide bonds. The maximum atomic E-state index is 13.1. The third-order valence-corrected chi connectivity index (χ3v) is 3.73. The van der Waals surface area contributed by atoms with Crippen molar-refractivity contribution in [2.45, 2.75) is 17.0 Å². The highest BCUT2D eigenvalue weighted by atomic mass is 32.2. The standard InChI is InChI=1S/C14H9F3N2OS/c15-14(16,17)12-13(21-8-9-4-3-7-20-9)19-11-6-2-1-5-10(11)18-12/h1-7H,8H2. The van der Waals surface area contributed by atoms with Crippen LogP contribution in [-0.4, -0.2) is 9.97 Å². The summed E-state index contributed by atoms with van der Waals surface area (Å²) in [6.45, 7) is 0. The van der Waals surface area contributed by atoms with Crippen molar-refractivity contribution in [3.05, 3.63) is 54.1 Å². The molecule has 0 saturated carbocycles. The Kier molecular flexibility index (Phi) is 3.59. The van der Waals surface area contributed by atoms with Gasteiger partial charge in [-0.05, 0) is 24.3 Å². The van der Waals surface area contributed by atoms with Crippen LogP contribution in [0.15, 0.2) is 52.1 Å². The zero-order chi connectivity index (χ0) is 14.9. The fourth-order valence-corrected chi connectivity index (χ4v) is 2.71. The predicted molar refractivity (Wildman–Crippen MR) is 72.8 cm³/mol. The molecule has 0 aliphatic rings. The molecule has 3 nitrogen and oxygen atoms in total. The molecule has 0 N–H and O–H groups in total. The average molecular weight is 310 g/mol. The minimum atomic E-state index is -4.54. The quantitative estimate of drug-likeness (QED) is 0.666. The average Bonchev–Trinajstić information content (AvgIpc) is 2.96. The van der Waals surface area contributed by atoms with E-state index in [2.05, 4.69) is 9.97 Å². The molecule has 0 fully saturated rings. The summed E-state index contributed by atoms with van der Waals surface area (Å²) in [5.74, 6) is 0.853. The first-order valence-corrected chi connectivity index (χ1v) is 7.02. The van der Waals surface area contributed by atoms with Crippen molar-refractivity contribution in [2.24, 2.45) is 0 Å². The summed E-state index contributed by atoms with van der Waals surface area (Å²) < 4.78 is 44.4. The summed E-state index contributed by atoms with van der Waals surface area (Å²) >= 11 is 0.959. The predicted octanol–water partition coefficient (Wildman–Crippen LogP) is 4.53. The molecule has 3 rings (SSSR count). The zero-order valence-corrected chi connectivity index (χ0v) is 11.4. The van der Waals surface area contributed by atoms with Crippen molar-refractivity contribution in [2.75, 3.05) is 0 Å². The summed E-state index contributed by atoms with van der Waals surface area (Å²) in [4.78, 5) is 7.79. The lowest BCUT2D eigenvalue weighted by Gasteiger charge is -2.11. The van der Waals surface area contributed by atoms with Crippen molar-refractivity contribution in [3.63, 3.8) is 0 Å². The Morgan fingerprint density at radius 3 is 2.33 bits per heavy atom. The highest BCUT2D eigenvalue weighted by Gasteiger charge is 2.37. The van der Waals surface area contributed by atoms with Crippen LogP contribution in [0.3, 0.4) is 0 Å². The van der Waals surface area contributed by atoms with E-state index < -0.39 is 11.9 Å². The molecule has 2 aromatic heterocycles. The molecule has 0 bridgehead atoms. The topological polar surface area (TPSA) is 38.9 Å². The van der Waals surface area contributed by atoms with Gasteiger partial charge < -0.3 is 4.42 Å². The zero-order valence-electron chi connectivity index (χ0n) is 10.6. The molecule has 3 aromatic rings. The second-order valence-electron chi connectivity index (χ2n) is 4.23. The van der Waals surface area contributed by atoms with Gasteiger partial charge in [0.25, 0.3) is 0 Å². The molecular weight excluding hydrogens is 301 g/mol. The van der Waals surface area contributed by atoms with Crippen LogP contribution in [0.5, 0.6) is 0 Å². The van der Waals surface area contributed by atoms with Crippen molar-refractivity contribution >= 4 is 22.8 Å². The highest BCUT2D eigenvalue weighted by molar-refractivity contribution is 7.98. The largest absolute Gasteiger partial charge is 0.468 e. The molecule has 2 heterocycles. The van der Waals surface area contributed by atoms with Crippen molar-refractivity contribution in [3.8, 4) is 0 Å². The lowest BCUT2D eigenvalue weighted by atomic mass is 10.3. The Labute approximate surface area is 122 Å². The number of para-hydroxylation sites is 2. The third kappa shape index (κ3) is 3.02. The molecule has 0 atom stereocenters. The maximum absolute atomic E-state index is 13.1. The lowest BCUT2D eigenvalue weighted by molar-refractivity contribution is -0.143. The number of fused-ring (bicyclic) bond motifs is 1. The van der Waals surface area contributed by atoms with Gasteiger partial charge in [0.05, 0.1) is 23.0 Å². The Balaban J connectivity index is 2.01. The molecule has 0 spiro atoms. The number of rotatable bonds is 3. The van der Waals surface area contributed by atoms with E-state index >= 15 is 0 Å². The van der Waals surface area contributed by atoms with Crippen LogP contribution >= 0.6 is 11.8 Å². The number of halogens is 3. The third-order valence-electron chi connectivity index (χ3n) is 2.74. The molecule has 0 radical (unpaired) electrons. The van der Waals surface area contributed by atoms with Crippen LogP contribution < -0.4 is 0 Å². The van der Waals surface area contributed by atoms with E-state index in [0.29, 0.717) is 11.3 Å². The molecule has 1 aromatic carbocycles. The molecule has 0 saturated heterocycles. The normalized spacial score (nSPS) is 12.0. The molecule has 0 aliphatic heterocycles. The summed E-state index contributed by atoms with van der Waals surface area (Å²) in [5, 5.41) is -0.141. The highest BCUT2D eigenvalue weighted by Crippen LogP contribution is 2.36. The fourth-order valence-electron chi connectivity index (χ4n) is 1.80. The summed E-state index contributed by atoms with van der Waals surface area (Å²) in [6, 6.07) is 9.89. The van der Waals surface area contributed by atoms with Gasteiger partial charge in [-0.2, -0.15) is 13.2 Å². The lowest BCUT2D eigenvalue weighted by Crippen LogP contribution is -2.11. The van der Waals surface area contributed by atoms with Gasteiger partial charge >= 0.3 is 6.18 Å². The summed E-state index contributed by atoms with van der Waals surface area (Å²) in [7, 11) is 0. The summed E-state index contributed by atoms with van der Waals surface area (Å²) in [6.07, 6.45) is -3.06. The number of hydrogen-bond donors (Lipinski definition) is 0. The first-order valence-electron chi connectivity index (χ1n) is 6.03. The van der Waals surface area contributed by atoms with E-state index in [0.717, 1.165) is 11.8 Å². The molecule has 0 aliphatic carbocycles. The minimum Gasteiger partial charge on any atom is -0.468 e. The fraction of sp³-hybridized carbons (Fsp3) is 0.143. The Morgan fingerprint density at radius 1 is 1.00 bits per heavy atom. The Morgan fingerprint density at radius 2 is 1.71 bits per heavy atom. The second-order valence-corrected chi connectivity index (χ2v) is 5.20. The van der Waals surface area contributed by atoms with Gasteiger partial charge in [-0.15, -0.1) is 0 Å². The Hall–Kier alpha value is -2.02. The van der Waals surface area contributed by atoms with Crippen LogP contribution in [0.1, 0.15) is 11.5 Å². The van der Waals surface area contributed by atoms with E-state index in [1.807, 2.05) is 0 Å². The van der Waals surface area contributed by atoms with Gasteiger partial charge in [0, 0.05) is 0 Å². The number of nitrogens with zero attached hydrogens (tertiary/aromatic N) is 2. The van der Waals surface area contributed by atoms with E-state index in [9.17, 15) is 13.2 Å². The van der Waals surface area contributed by atoms with Gasteiger partial charge in [0.15, 0.2) is 5.69 Å². The van der Waals surface area contributed by atoms with Crippen LogP contribution in [0.25, 0.3) is 11.0 Å². The molecule has 7 heteroatoms. The first kappa shape index (κ1) is 13.9. The van der Waals surface area contributed by atoms with Crippen molar-refractivity contribution < 1.29 is 17.6 Å².